The van der Waals surface area contributed by atoms with E-state index in [2.05, 4.69) is 11.0 Å². The summed E-state index contributed by atoms with van der Waals surface area (Å²) >= 11 is 0. The van der Waals surface area contributed by atoms with E-state index in [4.69, 9.17) is 9.72 Å². The Kier molecular flexibility index (Phi) is 5.41. The quantitative estimate of drug-likeness (QED) is 0.649. The fourth-order valence-corrected chi connectivity index (χ4v) is 4.58. The number of hydrogen-bond acceptors (Lipinski definition) is 6. The number of carbonyl (C=O) groups excluding carboxylic acids is 2. The Morgan fingerprint density at radius 2 is 1.60 bits per heavy atom. The van der Waals surface area contributed by atoms with E-state index in [1.165, 1.54) is 0 Å². The number of anilines is 1. The van der Waals surface area contributed by atoms with Crippen LogP contribution in [0.4, 0.5) is 5.82 Å². The van der Waals surface area contributed by atoms with Gasteiger partial charge in [0.25, 0.3) is 0 Å². The number of ether oxygens (including phenoxy) is 1. The number of likely N-dealkylation sites (tertiary alicyclic amines) is 1. The van der Waals surface area contributed by atoms with Gasteiger partial charge in [-0.05, 0) is 39.2 Å². The molecule has 30 heavy (non-hydrogen) atoms. The summed E-state index contributed by atoms with van der Waals surface area (Å²) in [6, 6.07) is 2.37. The maximum absolute atomic E-state index is 12.6. The molecule has 0 spiro atoms. The third-order valence-electron chi connectivity index (χ3n) is 6.36. The minimum atomic E-state index is -0.412. The third-order valence-corrected chi connectivity index (χ3v) is 6.36. The van der Waals surface area contributed by atoms with Crippen LogP contribution in [0.25, 0.3) is 0 Å². The summed E-state index contributed by atoms with van der Waals surface area (Å²) < 4.78 is 5.92. The standard InChI is InChI=1S/C22H29N5O3/c1-15-18-14-30-22(2,3)12-16(18)17(13-23)19(24-15)25-8-10-27(11-9-25)21(29)20(28)26-6-4-5-7-26/h4-12,14H2,1-3H3. The molecular weight excluding hydrogens is 382 g/mol. The van der Waals surface area contributed by atoms with Crippen LogP contribution in [0.2, 0.25) is 0 Å². The number of nitriles is 1. The van der Waals surface area contributed by atoms with E-state index >= 15 is 0 Å². The smallest absolute Gasteiger partial charge is 0.312 e. The lowest BCUT2D eigenvalue weighted by atomic mass is 9.88. The van der Waals surface area contributed by atoms with Gasteiger partial charge in [0.15, 0.2) is 0 Å². The van der Waals surface area contributed by atoms with Crippen molar-refractivity contribution in [2.24, 2.45) is 0 Å². The highest BCUT2D eigenvalue weighted by Gasteiger charge is 2.34. The minimum absolute atomic E-state index is 0.315. The number of aromatic nitrogens is 1. The van der Waals surface area contributed by atoms with Gasteiger partial charge in [-0.15, -0.1) is 0 Å². The van der Waals surface area contributed by atoms with Gasteiger partial charge in [0.05, 0.1) is 17.8 Å². The lowest BCUT2D eigenvalue weighted by Gasteiger charge is -2.38. The number of fused-ring (bicyclic) bond motifs is 1. The topological polar surface area (TPSA) is 89.8 Å². The van der Waals surface area contributed by atoms with E-state index in [1.807, 2.05) is 20.8 Å². The molecule has 0 bridgehead atoms. The molecule has 4 heterocycles. The zero-order valence-electron chi connectivity index (χ0n) is 18.0. The number of piperazine rings is 1. The second-order valence-corrected chi connectivity index (χ2v) is 8.97. The molecule has 1 aromatic rings. The Labute approximate surface area is 177 Å². The van der Waals surface area contributed by atoms with Crippen molar-refractivity contribution in [2.45, 2.75) is 52.2 Å². The highest BCUT2D eigenvalue weighted by atomic mass is 16.5. The van der Waals surface area contributed by atoms with Gasteiger partial charge < -0.3 is 19.4 Å². The largest absolute Gasteiger partial charge is 0.370 e. The van der Waals surface area contributed by atoms with Gasteiger partial charge in [-0.25, -0.2) is 4.98 Å². The van der Waals surface area contributed by atoms with Crippen molar-refractivity contribution in [1.29, 1.82) is 5.26 Å². The van der Waals surface area contributed by atoms with Gasteiger partial charge in [0.2, 0.25) is 0 Å². The number of amides is 2. The van der Waals surface area contributed by atoms with Crippen LogP contribution < -0.4 is 4.90 Å². The van der Waals surface area contributed by atoms with E-state index in [0.717, 1.165) is 29.7 Å². The molecule has 0 saturated carbocycles. The van der Waals surface area contributed by atoms with Crippen LogP contribution >= 0.6 is 0 Å². The molecule has 8 heteroatoms. The summed E-state index contributed by atoms with van der Waals surface area (Å²) in [5.74, 6) is -0.112. The van der Waals surface area contributed by atoms with Crippen LogP contribution in [-0.4, -0.2) is 71.5 Å². The average Bonchev–Trinajstić information content (AvgIpc) is 3.26. The molecule has 0 aromatic carbocycles. The highest BCUT2D eigenvalue weighted by molar-refractivity contribution is 6.35. The summed E-state index contributed by atoms with van der Waals surface area (Å²) in [7, 11) is 0. The molecule has 3 aliphatic heterocycles. The maximum Gasteiger partial charge on any atom is 0.312 e. The van der Waals surface area contributed by atoms with Crippen molar-refractivity contribution >= 4 is 17.6 Å². The van der Waals surface area contributed by atoms with Gasteiger partial charge >= 0.3 is 11.8 Å². The first-order valence-electron chi connectivity index (χ1n) is 10.7. The zero-order chi connectivity index (χ0) is 21.5. The van der Waals surface area contributed by atoms with E-state index in [1.54, 1.807) is 9.80 Å². The molecular formula is C22H29N5O3. The summed E-state index contributed by atoms with van der Waals surface area (Å²) in [4.78, 5) is 35.1. The molecule has 3 aliphatic rings. The molecule has 2 saturated heterocycles. The van der Waals surface area contributed by atoms with Crippen LogP contribution in [0.15, 0.2) is 0 Å². The summed E-state index contributed by atoms with van der Waals surface area (Å²) in [5, 5.41) is 9.93. The van der Waals surface area contributed by atoms with Crippen LogP contribution in [-0.2, 0) is 27.4 Å². The summed E-state index contributed by atoms with van der Waals surface area (Å²) in [5.41, 5.74) is 3.22. The molecule has 2 amide bonds. The monoisotopic (exact) mass is 411 g/mol. The number of nitrogens with zero attached hydrogens (tertiary/aromatic N) is 5. The number of rotatable bonds is 1. The van der Waals surface area contributed by atoms with Gasteiger partial charge in [0.1, 0.15) is 11.9 Å². The van der Waals surface area contributed by atoms with Crippen molar-refractivity contribution in [1.82, 2.24) is 14.8 Å². The predicted molar refractivity (Wildman–Crippen MR) is 111 cm³/mol. The first-order chi connectivity index (χ1) is 14.3. The van der Waals surface area contributed by atoms with E-state index in [0.29, 0.717) is 63.7 Å². The molecule has 0 unspecified atom stereocenters. The van der Waals surface area contributed by atoms with Crippen LogP contribution in [0.5, 0.6) is 0 Å². The van der Waals surface area contributed by atoms with Crippen molar-refractivity contribution < 1.29 is 14.3 Å². The maximum atomic E-state index is 12.6. The lowest BCUT2D eigenvalue weighted by Crippen LogP contribution is -2.53. The molecule has 1 aromatic heterocycles. The Hall–Kier alpha value is -2.66. The van der Waals surface area contributed by atoms with Gasteiger partial charge in [-0.2, -0.15) is 5.26 Å². The predicted octanol–water partition coefficient (Wildman–Crippen LogP) is 1.38. The molecule has 0 radical (unpaired) electrons. The summed E-state index contributed by atoms with van der Waals surface area (Å²) in [6.45, 7) is 9.87. The normalized spacial score (nSPS) is 20.7. The molecule has 8 nitrogen and oxygen atoms in total. The molecule has 0 atom stereocenters. The van der Waals surface area contributed by atoms with E-state index < -0.39 is 5.91 Å². The van der Waals surface area contributed by atoms with Crippen molar-refractivity contribution in [3.8, 4) is 6.07 Å². The Morgan fingerprint density at radius 1 is 1.00 bits per heavy atom. The van der Waals surface area contributed by atoms with E-state index in [9.17, 15) is 14.9 Å². The number of aryl methyl sites for hydroxylation is 1. The number of pyridine rings is 1. The fraction of sp³-hybridized carbons (Fsp3) is 0.636. The summed E-state index contributed by atoms with van der Waals surface area (Å²) in [6.07, 6.45) is 2.61. The Balaban J connectivity index is 1.51. The average molecular weight is 412 g/mol. The van der Waals surface area contributed by atoms with Gasteiger partial charge in [-0.3, -0.25) is 9.59 Å². The molecule has 2 fully saturated rings. The molecule has 160 valence electrons. The van der Waals surface area contributed by atoms with Crippen molar-refractivity contribution in [2.75, 3.05) is 44.2 Å². The minimum Gasteiger partial charge on any atom is -0.370 e. The Morgan fingerprint density at radius 3 is 2.20 bits per heavy atom. The van der Waals surface area contributed by atoms with E-state index in [-0.39, 0.29) is 11.5 Å². The third kappa shape index (κ3) is 3.74. The zero-order valence-corrected chi connectivity index (χ0v) is 18.0. The highest BCUT2D eigenvalue weighted by Crippen LogP contribution is 2.35. The lowest BCUT2D eigenvalue weighted by molar-refractivity contribution is -0.151. The molecule has 4 rings (SSSR count). The number of carbonyl (C=O) groups is 2. The number of hydrogen-bond donors (Lipinski definition) is 0. The van der Waals surface area contributed by atoms with Crippen molar-refractivity contribution in [3.05, 3.63) is 22.4 Å². The first-order valence-corrected chi connectivity index (χ1v) is 10.7. The Bertz CT molecular complexity index is 906. The fourth-order valence-electron chi connectivity index (χ4n) is 4.58. The molecule has 0 aliphatic carbocycles. The van der Waals surface area contributed by atoms with Gasteiger partial charge in [-0.1, -0.05) is 0 Å². The molecule has 0 N–H and O–H groups in total. The second-order valence-electron chi connectivity index (χ2n) is 8.97. The first kappa shape index (κ1) is 20.6. The van der Waals surface area contributed by atoms with Gasteiger partial charge in [0, 0.05) is 56.9 Å². The second kappa shape index (κ2) is 7.88. The van der Waals surface area contributed by atoms with Crippen molar-refractivity contribution in [3.63, 3.8) is 0 Å². The SMILES string of the molecule is Cc1nc(N2CCN(C(=O)C(=O)N3CCCC3)CC2)c(C#N)c2c1COC(C)(C)C2. The van der Waals surface area contributed by atoms with Crippen LogP contribution in [0, 0.1) is 18.3 Å². The van der Waals surface area contributed by atoms with Crippen LogP contribution in [0.3, 0.4) is 0 Å². The van der Waals surface area contributed by atoms with Crippen LogP contribution in [0.1, 0.15) is 49.1 Å².